The van der Waals surface area contributed by atoms with Crippen LogP contribution in [0.1, 0.15) is 28.4 Å². The zero-order chi connectivity index (χ0) is 11.7. The van der Waals surface area contributed by atoms with Crippen molar-refractivity contribution in [1.29, 1.82) is 0 Å². The lowest BCUT2D eigenvalue weighted by Gasteiger charge is -2.28. The fraction of sp³-hybridized carbons (Fsp3) is 0.333. The van der Waals surface area contributed by atoms with E-state index in [4.69, 9.17) is 11.6 Å². The van der Waals surface area contributed by atoms with Crippen LogP contribution < -0.4 is 0 Å². The molecule has 1 aliphatic heterocycles. The summed E-state index contributed by atoms with van der Waals surface area (Å²) in [4.78, 5) is 23.9. The lowest BCUT2D eigenvalue weighted by molar-refractivity contribution is -0.129. The molecule has 0 unspecified atom stereocenters. The Kier molecular flexibility index (Phi) is 2.97. The third-order valence-electron chi connectivity index (χ3n) is 2.91. The Hall–Kier alpha value is -1.35. The van der Waals surface area contributed by atoms with Crippen LogP contribution >= 0.6 is 11.6 Å². The van der Waals surface area contributed by atoms with Gasteiger partial charge in [-0.15, -0.1) is 0 Å². The second kappa shape index (κ2) is 4.26. The number of hydrogen-bond acceptors (Lipinski definition) is 2. The topological polar surface area (TPSA) is 37.4 Å². The fourth-order valence-corrected chi connectivity index (χ4v) is 2.32. The summed E-state index contributed by atoms with van der Waals surface area (Å²) in [5, 5.41) is 0.547. The van der Waals surface area contributed by atoms with E-state index >= 15 is 0 Å². The Morgan fingerprint density at radius 2 is 2.25 bits per heavy atom. The summed E-state index contributed by atoms with van der Waals surface area (Å²) in [6.45, 7) is 2.77. The Balaban J connectivity index is 2.42. The lowest BCUT2D eigenvalue weighted by Crippen LogP contribution is -2.34. The van der Waals surface area contributed by atoms with Crippen molar-refractivity contribution in [2.75, 3.05) is 6.54 Å². The second-order valence-corrected chi connectivity index (χ2v) is 4.38. The number of fused-ring (bicyclic) bond motifs is 1. The van der Waals surface area contributed by atoms with Gasteiger partial charge >= 0.3 is 0 Å². The van der Waals surface area contributed by atoms with Crippen molar-refractivity contribution in [1.82, 2.24) is 4.90 Å². The van der Waals surface area contributed by atoms with E-state index < -0.39 is 0 Å². The molecule has 0 bridgehead atoms. The zero-order valence-electron chi connectivity index (χ0n) is 9.00. The quantitative estimate of drug-likeness (QED) is 0.701. The van der Waals surface area contributed by atoms with E-state index in [0.717, 1.165) is 23.8 Å². The highest BCUT2D eigenvalue weighted by Gasteiger charge is 2.20. The molecular weight excluding hydrogens is 226 g/mol. The first-order valence-corrected chi connectivity index (χ1v) is 5.51. The predicted octanol–water partition coefficient (Wildman–Crippen LogP) is 2.06. The molecule has 0 spiro atoms. The van der Waals surface area contributed by atoms with Gasteiger partial charge in [-0.05, 0) is 29.7 Å². The number of nitrogens with zero attached hydrogens (tertiary/aromatic N) is 1. The largest absolute Gasteiger partial charge is 0.338 e. The smallest absolute Gasteiger partial charge is 0.219 e. The standard InChI is InChI=1S/C12H12ClNO2/c1-8(16)14-3-2-12-9(6-14)4-11(13)5-10(12)7-15/h4-5,7H,2-3,6H2,1H3. The number of carbonyl (C=O) groups is 2. The molecule has 3 nitrogen and oxygen atoms in total. The molecule has 1 heterocycles. The Labute approximate surface area is 99.0 Å². The van der Waals surface area contributed by atoms with Crippen LogP contribution in [0.15, 0.2) is 12.1 Å². The van der Waals surface area contributed by atoms with Gasteiger partial charge < -0.3 is 4.90 Å². The number of benzene rings is 1. The minimum Gasteiger partial charge on any atom is -0.338 e. The van der Waals surface area contributed by atoms with Gasteiger partial charge in [0.2, 0.25) is 5.91 Å². The average Bonchev–Trinajstić information content (AvgIpc) is 2.26. The van der Waals surface area contributed by atoms with E-state index in [0.29, 0.717) is 23.7 Å². The van der Waals surface area contributed by atoms with Crippen LogP contribution in [0.3, 0.4) is 0 Å². The van der Waals surface area contributed by atoms with Crippen LogP contribution in [-0.2, 0) is 17.8 Å². The molecule has 1 aromatic rings. The molecule has 0 fully saturated rings. The molecular formula is C12H12ClNO2. The molecule has 0 aliphatic carbocycles. The van der Waals surface area contributed by atoms with Gasteiger partial charge in [-0.1, -0.05) is 11.6 Å². The van der Waals surface area contributed by atoms with Crippen molar-refractivity contribution in [2.24, 2.45) is 0 Å². The molecule has 0 saturated carbocycles. The van der Waals surface area contributed by atoms with Gasteiger partial charge in [0.05, 0.1) is 0 Å². The van der Waals surface area contributed by atoms with Crippen LogP contribution in [0.4, 0.5) is 0 Å². The van der Waals surface area contributed by atoms with Crippen molar-refractivity contribution in [2.45, 2.75) is 19.9 Å². The summed E-state index contributed by atoms with van der Waals surface area (Å²) >= 11 is 5.93. The molecule has 0 aromatic heterocycles. The monoisotopic (exact) mass is 237 g/mol. The molecule has 0 radical (unpaired) electrons. The lowest BCUT2D eigenvalue weighted by atomic mass is 9.95. The fourth-order valence-electron chi connectivity index (χ4n) is 2.07. The maximum absolute atomic E-state index is 11.3. The van der Waals surface area contributed by atoms with Crippen LogP contribution in [0.25, 0.3) is 0 Å². The summed E-state index contributed by atoms with van der Waals surface area (Å²) in [5.41, 5.74) is 2.65. The third kappa shape index (κ3) is 1.95. The highest BCUT2D eigenvalue weighted by atomic mass is 35.5. The number of carbonyl (C=O) groups excluding carboxylic acids is 2. The zero-order valence-corrected chi connectivity index (χ0v) is 9.75. The number of hydrogen-bond donors (Lipinski definition) is 0. The van der Waals surface area contributed by atoms with Gasteiger partial charge in [0.15, 0.2) is 0 Å². The average molecular weight is 238 g/mol. The maximum Gasteiger partial charge on any atom is 0.219 e. The molecule has 0 saturated heterocycles. The Morgan fingerprint density at radius 3 is 2.88 bits per heavy atom. The van der Waals surface area contributed by atoms with Crippen molar-refractivity contribution >= 4 is 23.8 Å². The first-order chi connectivity index (χ1) is 7.61. The number of aldehydes is 1. The summed E-state index contributed by atoms with van der Waals surface area (Å²) in [6, 6.07) is 3.51. The Bertz CT molecular complexity index is 457. The summed E-state index contributed by atoms with van der Waals surface area (Å²) < 4.78 is 0. The summed E-state index contributed by atoms with van der Waals surface area (Å²) in [5.74, 6) is 0.0540. The number of rotatable bonds is 1. The van der Waals surface area contributed by atoms with Crippen LogP contribution in [0.5, 0.6) is 0 Å². The van der Waals surface area contributed by atoms with Gasteiger partial charge in [0.25, 0.3) is 0 Å². The molecule has 1 aliphatic rings. The Morgan fingerprint density at radius 1 is 1.50 bits per heavy atom. The highest BCUT2D eigenvalue weighted by molar-refractivity contribution is 6.31. The van der Waals surface area contributed by atoms with E-state index in [1.165, 1.54) is 0 Å². The van der Waals surface area contributed by atoms with Crippen LogP contribution in [0.2, 0.25) is 5.02 Å². The SMILES string of the molecule is CC(=O)N1CCc2c(C=O)cc(Cl)cc2C1. The molecule has 1 aromatic carbocycles. The molecule has 0 atom stereocenters. The van der Waals surface area contributed by atoms with Crippen molar-refractivity contribution in [3.8, 4) is 0 Å². The molecule has 1 amide bonds. The molecule has 0 N–H and O–H groups in total. The molecule has 4 heteroatoms. The van der Waals surface area contributed by atoms with Gasteiger partial charge in [0, 0.05) is 30.6 Å². The van der Waals surface area contributed by atoms with Gasteiger partial charge in [0.1, 0.15) is 6.29 Å². The van der Waals surface area contributed by atoms with E-state index in [1.54, 1.807) is 17.9 Å². The minimum atomic E-state index is 0.0540. The molecule has 84 valence electrons. The first-order valence-electron chi connectivity index (χ1n) is 5.14. The molecule has 16 heavy (non-hydrogen) atoms. The van der Waals surface area contributed by atoms with Crippen molar-refractivity contribution in [3.05, 3.63) is 33.8 Å². The number of halogens is 1. The number of amides is 1. The normalized spacial score (nSPS) is 14.5. The summed E-state index contributed by atoms with van der Waals surface area (Å²) in [7, 11) is 0. The van der Waals surface area contributed by atoms with Crippen molar-refractivity contribution < 1.29 is 9.59 Å². The summed E-state index contributed by atoms with van der Waals surface area (Å²) in [6.07, 6.45) is 1.55. The third-order valence-corrected chi connectivity index (χ3v) is 3.13. The van der Waals surface area contributed by atoms with Crippen LogP contribution in [0, 0.1) is 0 Å². The van der Waals surface area contributed by atoms with E-state index in [9.17, 15) is 9.59 Å². The van der Waals surface area contributed by atoms with Crippen LogP contribution in [-0.4, -0.2) is 23.6 Å². The van der Waals surface area contributed by atoms with Gasteiger partial charge in [-0.3, -0.25) is 9.59 Å². The van der Waals surface area contributed by atoms with Gasteiger partial charge in [-0.2, -0.15) is 0 Å². The molecule has 2 rings (SSSR count). The van der Waals surface area contributed by atoms with E-state index in [1.807, 2.05) is 6.07 Å². The van der Waals surface area contributed by atoms with Gasteiger partial charge in [-0.25, -0.2) is 0 Å². The highest BCUT2D eigenvalue weighted by Crippen LogP contribution is 2.25. The first kappa shape index (κ1) is 11.1. The van der Waals surface area contributed by atoms with E-state index in [2.05, 4.69) is 0 Å². The second-order valence-electron chi connectivity index (χ2n) is 3.94. The maximum atomic E-state index is 11.3. The predicted molar refractivity (Wildman–Crippen MR) is 61.6 cm³/mol. The van der Waals surface area contributed by atoms with E-state index in [-0.39, 0.29) is 5.91 Å². The minimum absolute atomic E-state index is 0.0540. The van der Waals surface area contributed by atoms with Crippen molar-refractivity contribution in [3.63, 3.8) is 0 Å².